The molecule has 10 aromatic carbocycles. The number of anilines is 6. The zero-order chi connectivity index (χ0) is 42.0. The molecule has 0 saturated carbocycles. The summed E-state index contributed by atoms with van der Waals surface area (Å²) in [5.41, 5.74) is 15.4. The van der Waals surface area contributed by atoms with Crippen molar-refractivity contribution in [2.75, 3.05) is 9.80 Å². The highest BCUT2D eigenvalue weighted by atomic mass is 15.1. The van der Waals surface area contributed by atoms with E-state index in [0.29, 0.717) is 0 Å². The molecule has 62 heavy (non-hydrogen) atoms. The Morgan fingerprint density at radius 3 is 0.968 bits per heavy atom. The highest BCUT2D eigenvalue weighted by molar-refractivity contribution is 6.21. The second-order valence-electron chi connectivity index (χ2n) is 17.0. The van der Waals surface area contributed by atoms with Crippen LogP contribution in [0.5, 0.6) is 0 Å². The van der Waals surface area contributed by atoms with Crippen LogP contribution in [0.25, 0.3) is 54.9 Å². The van der Waals surface area contributed by atoms with Crippen molar-refractivity contribution in [1.82, 2.24) is 0 Å². The van der Waals surface area contributed by atoms with Gasteiger partial charge in [0, 0.05) is 34.1 Å². The summed E-state index contributed by atoms with van der Waals surface area (Å²) in [6, 6.07) is 85.6. The Balaban J connectivity index is 1.02. The Morgan fingerprint density at radius 1 is 0.258 bits per heavy atom. The maximum Gasteiger partial charge on any atom is 0.0462 e. The van der Waals surface area contributed by atoms with E-state index in [-0.39, 0.29) is 5.41 Å². The zero-order valence-corrected chi connectivity index (χ0v) is 35.4. The Labute approximate surface area is 365 Å². The summed E-state index contributed by atoms with van der Waals surface area (Å²) in [5.74, 6) is 0. The van der Waals surface area contributed by atoms with Gasteiger partial charge < -0.3 is 9.80 Å². The van der Waals surface area contributed by atoms with Crippen LogP contribution in [0, 0.1) is 0 Å². The summed E-state index contributed by atoms with van der Waals surface area (Å²) >= 11 is 0. The van der Waals surface area contributed by atoms with Gasteiger partial charge in [0.1, 0.15) is 0 Å². The molecule has 10 rings (SSSR count). The second kappa shape index (κ2) is 16.4. The fourth-order valence-electron chi connectivity index (χ4n) is 8.88. The Hall–Kier alpha value is -7.68. The van der Waals surface area contributed by atoms with Crippen LogP contribution in [0.4, 0.5) is 34.1 Å². The first-order chi connectivity index (χ1) is 30.4. The minimum absolute atomic E-state index is 0.0202. The molecule has 10 aromatic rings. The van der Waals surface area contributed by atoms with Crippen LogP contribution in [0.1, 0.15) is 26.3 Å². The molecule has 0 heterocycles. The van der Waals surface area contributed by atoms with E-state index in [0.717, 1.165) is 34.1 Å². The maximum atomic E-state index is 2.43. The molecule has 0 spiro atoms. The standard InChI is InChI=1S/C60H48N2/c1-60(2,3)47-34-41-56-57(42-47)59(45-18-8-4-9-19-45)55-27-17-16-26-54(55)58(56)46-32-39-53(40-33-46)62(50-24-14-7-15-25-50)52-37-30-44(31-38-52)43-28-35-51(36-29-43)61(48-20-10-5-11-21-48)49-22-12-6-13-23-49/h4-42H,1-3H3. The lowest BCUT2D eigenvalue weighted by atomic mass is 9.81. The highest BCUT2D eigenvalue weighted by Gasteiger charge is 2.21. The third kappa shape index (κ3) is 7.42. The van der Waals surface area contributed by atoms with Gasteiger partial charge in [-0.25, -0.2) is 0 Å². The number of hydrogen-bond donors (Lipinski definition) is 0. The molecular formula is C60H48N2. The summed E-state index contributed by atoms with van der Waals surface area (Å²) in [7, 11) is 0. The molecule has 298 valence electrons. The largest absolute Gasteiger partial charge is 0.311 e. The molecule has 2 heteroatoms. The van der Waals surface area contributed by atoms with Crippen molar-refractivity contribution in [3.05, 3.63) is 242 Å². The van der Waals surface area contributed by atoms with Crippen LogP contribution in [0.3, 0.4) is 0 Å². The Bertz CT molecular complexity index is 3060. The maximum absolute atomic E-state index is 2.43. The van der Waals surface area contributed by atoms with Crippen molar-refractivity contribution in [2.45, 2.75) is 26.2 Å². The average Bonchev–Trinajstić information content (AvgIpc) is 3.32. The number of benzene rings is 10. The van der Waals surface area contributed by atoms with Crippen molar-refractivity contribution in [3.63, 3.8) is 0 Å². The summed E-state index contributed by atoms with van der Waals surface area (Å²) in [5, 5.41) is 5.07. The van der Waals surface area contributed by atoms with Crippen LogP contribution < -0.4 is 9.80 Å². The molecule has 0 aliphatic heterocycles. The van der Waals surface area contributed by atoms with Gasteiger partial charge in [-0.2, -0.15) is 0 Å². The predicted octanol–water partition coefficient (Wildman–Crippen LogP) is 17.2. The number of fused-ring (bicyclic) bond motifs is 2. The molecule has 0 N–H and O–H groups in total. The molecule has 2 nitrogen and oxygen atoms in total. The van der Waals surface area contributed by atoms with E-state index in [1.54, 1.807) is 0 Å². The molecule has 0 aliphatic carbocycles. The van der Waals surface area contributed by atoms with Crippen LogP contribution in [0.2, 0.25) is 0 Å². The van der Waals surface area contributed by atoms with Gasteiger partial charge in [-0.3, -0.25) is 0 Å². The lowest BCUT2D eigenvalue weighted by molar-refractivity contribution is 0.591. The molecule has 0 fully saturated rings. The van der Waals surface area contributed by atoms with Crippen molar-refractivity contribution >= 4 is 55.7 Å². The zero-order valence-electron chi connectivity index (χ0n) is 35.4. The van der Waals surface area contributed by atoms with Crippen molar-refractivity contribution in [3.8, 4) is 33.4 Å². The molecule has 0 aromatic heterocycles. The number of hydrogen-bond acceptors (Lipinski definition) is 2. The van der Waals surface area contributed by atoms with E-state index in [9.17, 15) is 0 Å². The predicted molar refractivity (Wildman–Crippen MR) is 266 cm³/mol. The normalized spacial score (nSPS) is 11.5. The molecule has 0 amide bonds. The van der Waals surface area contributed by atoms with Gasteiger partial charge in [0.2, 0.25) is 0 Å². The molecule has 0 radical (unpaired) electrons. The lowest BCUT2D eigenvalue weighted by Crippen LogP contribution is -2.10. The molecule has 0 bridgehead atoms. The minimum Gasteiger partial charge on any atom is -0.311 e. The number of rotatable bonds is 9. The van der Waals surface area contributed by atoms with E-state index in [2.05, 4.69) is 267 Å². The quantitative estimate of drug-likeness (QED) is 0.134. The van der Waals surface area contributed by atoms with E-state index >= 15 is 0 Å². The van der Waals surface area contributed by atoms with Crippen LogP contribution >= 0.6 is 0 Å². The van der Waals surface area contributed by atoms with Crippen molar-refractivity contribution in [2.24, 2.45) is 0 Å². The smallest absolute Gasteiger partial charge is 0.0462 e. The van der Waals surface area contributed by atoms with Gasteiger partial charge in [0.25, 0.3) is 0 Å². The van der Waals surface area contributed by atoms with Gasteiger partial charge in [-0.05, 0) is 145 Å². The third-order valence-corrected chi connectivity index (χ3v) is 12.0. The van der Waals surface area contributed by atoms with Gasteiger partial charge in [-0.1, -0.05) is 178 Å². The Kier molecular flexibility index (Phi) is 10.2. The fraction of sp³-hybridized carbons (Fsp3) is 0.0667. The molecule has 0 saturated heterocycles. The minimum atomic E-state index is 0.0202. The lowest BCUT2D eigenvalue weighted by Gasteiger charge is -2.26. The number of nitrogens with zero attached hydrogens (tertiary/aromatic N) is 2. The van der Waals surface area contributed by atoms with Gasteiger partial charge in [0.15, 0.2) is 0 Å². The summed E-state index contributed by atoms with van der Waals surface area (Å²) in [6.07, 6.45) is 0. The first kappa shape index (κ1) is 38.5. The van der Waals surface area contributed by atoms with E-state index in [1.807, 2.05) is 0 Å². The van der Waals surface area contributed by atoms with Crippen LogP contribution in [-0.4, -0.2) is 0 Å². The first-order valence-corrected chi connectivity index (χ1v) is 21.5. The SMILES string of the molecule is CC(C)(C)c1ccc2c(-c3ccc(N(c4ccccc4)c4ccc(-c5ccc(N(c6ccccc6)c6ccccc6)cc5)cc4)cc3)c3ccccc3c(-c3ccccc3)c2c1. The van der Waals surface area contributed by atoms with Gasteiger partial charge in [-0.15, -0.1) is 0 Å². The second-order valence-corrected chi connectivity index (χ2v) is 17.0. The van der Waals surface area contributed by atoms with Gasteiger partial charge >= 0.3 is 0 Å². The Morgan fingerprint density at radius 2 is 0.565 bits per heavy atom. The fourth-order valence-corrected chi connectivity index (χ4v) is 8.88. The average molecular weight is 797 g/mol. The summed E-state index contributed by atoms with van der Waals surface area (Å²) in [6.45, 7) is 6.90. The summed E-state index contributed by atoms with van der Waals surface area (Å²) in [4.78, 5) is 4.64. The van der Waals surface area contributed by atoms with Crippen LogP contribution in [-0.2, 0) is 5.41 Å². The summed E-state index contributed by atoms with van der Waals surface area (Å²) < 4.78 is 0. The first-order valence-electron chi connectivity index (χ1n) is 21.5. The molecular weight excluding hydrogens is 749 g/mol. The van der Waals surface area contributed by atoms with Crippen molar-refractivity contribution in [1.29, 1.82) is 0 Å². The highest BCUT2D eigenvalue weighted by Crippen LogP contribution is 2.46. The van der Waals surface area contributed by atoms with E-state index < -0.39 is 0 Å². The van der Waals surface area contributed by atoms with Crippen LogP contribution in [0.15, 0.2) is 237 Å². The monoisotopic (exact) mass is 796 g/mol. The molecule has 0 unspecified atom stereocenters. The number of para-hydroxylation sites is 3. The topological polar surface area (TPSA) is 6.48 Å². The van der Waals surface area contributed by atoms with Crippen molar-refractivity contribution < 1.29 is 0 Å². The molecule has 0 atom stereocenters. The third-order valence-electron chi connectivity index (χ3n) is 12.0. The van der Waals surface area contributed by atoms with Gasteiger partial charge in [0.05, 0.1) is 0 Å². The van der Waals surface area contributed by atoms with E-state index in [1.165, 1.54) is 60.5 Å². The van der Waals surface area contributed by atoms with E-state index in [4.69, 9.17) is 0 Å². The molecule has 0 aliphatic rings.